The summed E-state index contributed by atoms with van der Waals surface area (Å²) in [6, 6.07) is 6.58. The molecule has 1 fully saturated rings. The number of methoxy groups -OCH3 is 1. The molecule has 0 amide bonds. The molecule has 1 saturated carbocycles. The Bertz CT molecular complexity index is 465. The van der Waals surface area contributed by atoms with Gasteiger partial charge in [0.25, 0.3) is 0 Å². The van der Waals surface area contributed by atoms with Crippen LogP contribution in [0.2, 0.25) is 0 Å². The number of thioether (sulfide) groups is 1. The Kier molecular flexibility index (Phi) is 5.07. The first-order chi connectivity index (χ1) is 9.15. The zero-order chi connectivity index (χ0) is 13.8. The van der Waals surface area contributed by atoms with Gasteiger partial charge in [-0.2, -0.15) is 0 Å². The van der Waals surface area contributed by atoms with Crippen LogP contribution >= 0.6 is 24.0 Å². The first kappa shape index (κ1) is 14.6. The summed E-state index contributed by atoms with van der Waals surface area (Å²) in [7, 11) is 1.78. The average molecular weight is 296 g/mol. The fraction of sp³-hybridized carbons (Fsp3) is 0.500. The van der Waals surface area contributed by atoms with Crippen molar-refractivity contribution in [2.45, 2.75) is 36.3 Å². The summed E-state index contributed by atoms with van der Waals surface area (Å²) in [5.41, 5.74) is 7.88. The van der Waals surface area contributed by atoms with E-state index in [2.05, 4.69) is 11.4 Å². The highest BCUT2D eigenvalue weighted by atomic mass is 32.2. The van der Waals surface area contributed by atoms with E-state index in [1.807, 2.05) is 18.4 Å². The molecule has 104 valence electrons. The predicted octanol–water partition coefficient (Wildman–Crippen LogP) is 3.02. The van der Waals surface area contributed by atoms with Crippen LogP contribution in [0.1, 0.15) is 24.8 Å². The lowest BCUT2D eigenvalue weighted by Gasteiger charge is -2.19. The van der Waals surface area contributed by atoms with Crippen LogP contribution in [-0.2, 0) is 4.74 Å². The Morgan fingerprint density at radius 2 is 2.26 bits per heavy atom. The van der Waals surface area contributed by atoms with Crippen molar-refractivity contribution in [2.75, 3.05) is 18.7 Å². The molecule has 0 aliphatic heterocycles. The first-order valence-corrected chi connectivity index (χ1v) is 8.05. The second-order valence-electron chi connectivity index (χ2n) is 4.76. The molecule has 3 N–H and O–H groups in total. The largest absolute Gasteiger partial charge is 0.389 e. The second kappa shape index (κ2) is 6.59. The van der Waals surface area contributed by atoms with Gasteiger partial charge in [0.05, 0.1) is 6.10 Å². The van der Waals surface area contributed by atoms with Crippen molar-refractivity contribution in [3.05, 3.63) is 23.8 Å². The molecule has 2 atom stereocenters. The van der Waals surface area contributed by atoms with Gasteiger partial charge in [-0.1, -0.05) is 18.3 Å². The molecular formula is C14H20N2OS2. The summed E-state index contributed by atoms with van der Waals surface area (Å²) in [6.45, 7) is 0. The van der Waals surface area contributed by atoms with E-state index in [4.69, 9.17) is 22.7 Å². The number of benzene rings is 1. The van der Waals surface area contributed by atoms with Crippen LogP contribution in [0.5, 0.6) is 0 Å². The van der Waals surface area contributed by atoms with E-state index in [-0.39, 0.29) is 0 Å². The Hall–Kier alpha value is -0.780. The Balaban J connectivity index is 2.18. The SMILES string of the molecule is COC1CCC(Nc2cccc(SC)c2C(N)=S)C1. The minimum absolute atomic E-state index is 0.370. The van der Waals surface area contributed by atoms with Crippen molar-refractivity contribution in [1.82, 2.24) is 0 Å². The molecule has 19 heavy (non-hydrogen) atoms. The van der Waals surface area contributed by atoms with Crippen molar-refractivity contribution in [1.29, 1.82) is 0 Å². The lowest BCUT2D eigenvalue weighted by molar-refractivity contribution is 0.108. The zero-order valence-corrected chi connectivity index (χ0v) is 12.9. The van der Waals surface area contributed by atoms with Gasteiger partial charge in [0.15, 0.2) is 0 Å². The smallest absolute Gasteiger partial charge is 0.107 e. The third kappa shape index (κ3) is 3.41. The summed E-state index contributed by atoms with van der Waals surface area (Å²) in [6.07, 6.45) is 5.68. The van der Waals surface area contributed by atoms with Gasteiger partial charge < -0.3 is 15.8 Å². The summed E-state index contributed by atoms with van der Waals surface area (Å²) in [5, 5.41) is 3.57. The van der Waals surface area contributed by atoms with Crippen molar-refractivity contribution in [3.8, 4) is 0 Å². The summed E-state index contributed by atoms with van der Waals surface area (Å²) in [4.78, 5) is 1.58. The Labute approximate surface area is 124 Å². The molecule has 1 aliphatic carbocycles. The standard InChI is InChI=1S/C14H20N2OS2/c1-17-10-7-6-9(8-10)16-11-4-3-5-12(19-2)13(11)14(15)18/h3-5,9-10,16H,6-8H2,1-2H3,(H2,15,18). The number of rotatable bonds is 5. The zero-order valence-electron chi connectivity index (χ0n) is 11.3. The lowest BCUT2D eigenvalue weighted by atomic mass is 10.1. The van der Waals surface area contributed by atoms with Crippen LogP contribution in [0.4, 0.5) is 5.69 Å². The van der Waals surface area contributed by atoms with E-state index in [0.29, 0.717) is 17.1 Å². The van der Waals surface area contributed by atoms with Crippen LogP contribution < -0.4 is 11.1 Å². The molecule has 0 spiro atoms. The molecule has 5 heteroatoms. The molecule has 1 aromatic rings. The number of hydrogen-bond donors (Lipinski definition) is 2. The van der Waals surface area contributed by atoms with Gasteiger partial charge in [-0.05, 0) is 37.7 Å². The number of hydrogen-bond acceptors (Lipinski definition) is 4. The third-order valence-corrected chi connectivity index (χ3v) is 4.55. The normalized spacial score (nSPS) is 22.4. The first-order valence-electron chi connectivity index (χ1n) is 6.41. The molecule has 2 rings (SSSR count). The molecular weight excluding hydrogens is 276 g/mol. The van der Waals surface area contributed by atoms with E-state index < -0.39 is 0 Å². The number of nitrogens with two attached hydrogens (primary N) is 1. The van der Waals surface area contributed by atoms with E-state index in [1.165, 1.54) is 0 Å². The third-order valence-electron chi connectivity index (χ3n) is 3.57. The van der Waals surface area contributed by atoms with Gasteiger partial charge in [-0.25, -0.2) is 0 Å². The Morgan fingerprint density at radius 1 is 1.47 bits per heavy atom. The van der Waals surface area contributed by atoms with Crippen molar-refractivity contribution in [3.63, 3.8) is 0 Å². The summed E-state index contributed by atoms with van der Waals surface area (Å²) in [5.74, 6) is 0. The molecule has 3 nitrogen and oxygen atoms in total. The van der Waals surface area contributed by atoms with E-state index in [0.717, 1.165) is 35.4 Å². The number of ether oxygens (including phenoxy) is 1. The maximum atomic E-state index is 5.87. The summed E-state index contributed by atoms with van der Waals surface area (Å²) >= 11 is 6.86. The van der Waals surface area contributed by atoms with Gasteiger partial charge >= 0.3 is 0 Å². The molecule has 0 aromatic heterocycles. The molecule has 0 radical (unpaired) electrons. The number of anilines is 1. The quantitative estimate of drug-likeness (QED) is 0.646. The molecule has 0 bridgehead atoms. The summed E-state index contributed by atoms with van der Waals surface area (Å²) < 4.78 is 5.41. The fourth-order valence-corrected chi connectivity index (χ4v) is 3.50. The van der Waals surface area contributed by atoms with Crippen molar-refractivity contribution in [2.24, 2.45) is 5.73 Å². The van der Waals surface area contributed by atoms with Gasteiger partial charge in [-0.15, -0.1) is 11.8 Å². The lowest BCUT2D eigenvalue weighted by Crippen LogP contribution is -2.21. The van der Waals surface area contributed by atoms with Crippen LogP contribution in [0, 0.1) is 0 Å². The second-order valence-corrected chi connectivity index (χ2v) is 6.05. The predicted molar refractivity (Wildman–Crippen MR) is 86.2 cm³/mol. The highest BCUT2D eigenvalue weighted by Crippen LogP contribution is 2.30. The minimum Gasteiger partial charge on any atom is -0.389 e. The molecule has 1 aliphatic rings. The van der Waals surface area contributed by atoms with Crippen LogP contribution in [0.25, 0.3) is 0 Å². The molecule has 0 heterocycles. The van der Waals surface area contributed by atoms with Gasteiger partial charge in [-0.3, -0.25) is 0 Å². The maximum absolute atomic E-state index is 5.87. The number of thiocarbonyl (C=S) groups is 1. The fourth-order valence-electron chi connectivity index (χ4n) is 2.58. The maximum Gasteiger partial charge on any atom is 0.107 e. The minimum atomic E-state index is 0.370. The topological polar surface area (TPSA) is 47.3 Å². The van der Waals surface area contributed by atoms with Crippen LogP contribution in [0.3, 0.4) is 0 Å². The van der Waals surface area contributed by atoms with Crippen LogP contribution in [-0.4, -0.2) is 30.5 Å². The monoisotopic (exact) mass is 296 g/mol. The molecule has 0 saturated heterocycles. The van der Waals surface area contributed by atoms with Crippen LogP contribution in [0.15, 0.2) is 23.1 Å². The van der Waals surface area contributed by atoms with Gasteiger partial charge in [0.1, 0.15) is 4.99 Å². The van der Waals surface area contributed by atoms with Gasteiger partial charge in [0.2, 0.25) is 0 Å². The highest BCUT2D eigenvalue weighted by molar-refractivity contribution is 7.98. The number of nitrogens with one attached hydrogen (secondary N) is 1. The average Bonchev–Trinajstić information content (AvgIpc) is 2.85. The highest BCUT2D eigenvalue weighted by Gasteiger charge is 2.25. The molecule has 2 unspecified atom stereocenters. The van der Waals surface area contributed by atoms with E-state index >= 15 is 0 Å². The Morgan fingerprint density at radius 3 is 2.84 bits per heavy atom. The van der Waals surface area contributed by atoms with Gasteiger partial charge in [0, 0.05) is 29.3 Å². The van der Waals surface area contributed by atoms with Crippen molar-refractivity contribution < 1.29 is 4.74 Å². The van der Waals surface area contributed by atoms with Crippen molar-refractivity contribution >= 4 is 34.7 Å². The van der Waals surface area contributed by atoms with E-state index in [1.54, 1.807) is 18.9 Å². The van der Waals surface area contributed by atoms with E-state index in [9.17, 15) is 0 Å². The molecule has 1 aromatic carbocycles.